The van der Waals surface area contributed by atoms with Gasteiger partial charge in [-0.3, -0.25) is 0 Å². The summed E-state index contributed by atoms with van der Waals surface area (Å²) in [4.78, 5) is 12.9. The summed E-state index contributed by atoms with van der Waals surface area (Å²) in [6.07, 6.45) is 0.538. The fraction of sp³-hybridized carbons (Fsp3) is 0.348. The van der Waals surface area contributed by atoms with E-state index in [1.165, 1.54) is 12.1 Å². The molecule has 1 aromatic heterocycles. The molecule has 0 unspecified atom stereocenters. The van der Waals surface area contributed by atoms with Crippen LogP contribution in [0, 0.1) is 5.82 Å². The maximum absolute atomic E-state index is 13.6. The third-order valence-electron chi connectivity index (χ3n) is 5.99. The number of ether oxygens (including phenoxy) is 1. The minimum Gasteiger partial charge on any atom is -0.543 e. The summed E-state index contributed by atoms with van der Waals surface area (Å²) in [5.74, 6) is 0.678. The lowest BCUT2D eigenvalue weighted by Gasteiger charge is -2.36. The van der Waals surface area contributed by atoms with E-state index >= 15 is 0 Å². The lowest BCUT2D eigenvalue weighted by Crippen LogP contribution is -2.43. The van der Waals surface area contributed by atoms with Crippen molar-refractivity contribution in [2.75, 3.05) is 6.61 Å². The number of hydrogen-bond donors (Lipinski definition) is 0. The van der Waals surface area contributed by atoms with Crippen LogP contribution in [0.15, 0.2) is 45.6 Å². The molecule has 152 valence electrons. The van der Waals surface area contributed by atoms with Crippen LogP contribution in [0.2, 0.25) is 18.1 Å². The summed E-state index contributed by atoms with van der Waals surface area (Å²) in [5.41, 5.74) is 1.92. The van der Waals surface area contributed by atoms with E-state index in [-0.39, 0.29) is 5.04 Å². The summed E-state index contributed by atoms with van der Waals surface area (Å²) >= 11 is 0. The number of rotatable bonds is 2. The topological polar surface area (TPSA) is 48.7 Å². The molecule has 0 amide bonds. The molecule has 4 rings (SSSR count). The zero-order valence-electron chi connectivity index (χ0n) is 17.4. The van der Waals surface area contributed by atoms with Crippen molar-refractivity contribution in [3.05, 3.63) is 58.2 Å². The minimum atomic E-state index is -2.01. The second kappa shape index (κ2) is 6.73. The van der Waals surface area contributed by atoms with Crippen molar-refractivity contribution in [3.8, 4) is 22.6 Å². The van der Waals surface area contributed by atoms with Gasteiger partial charge in [0.05, 0.1) is 12.2 Å². The van der Waals surface area contributed by atoms with E-state index < -0.39 is 19.8 Å². The predicted octanol–water partition coefficient (Wildman–Crippen LogP) is 5.92. The molecule has 0 atom stereocenters. The fourth-order valence-corrected chi connectivity index (χ4v) is 4.40. The average Bonchev–Trinajstić information content (AvgIpc) is 2.79. The summed E-state index contributed by atoms with van der Waals surface area (Å²) < 4.78 is 31.4. The van der Waals surface area contributed by atoms with Gasteiger partial charge in [0.1, 0.15) is 22.9 Å². The standard InChI is InChI=1S/C23H25FO4Si/c1-23(2,3)29(4,5)28-15-7-9-16-17-10-11-26-19-12-14(24)6-8-18(19)21(17)22(25)27-20(16)13-15/h6-9,12-13H,10-11H2,1-5H3. The van der Waals surface area contributed by atoms with Gasteiger partial charge in [-0.15, -0.1) is 0 Å². The largest absolute Gasteiger partial charge is 0.543 e. The summed E-state index contributed by atoms with van der Waals surface area (Å²) in [7, 11) is -2.01. The predicted molar refractivity (Wildman–Crippen MR) is 115 cm³/mol. The smallest absolute Gasteiger partial charge is 0.344 e. The van der Waals surface area contributed by atoms with E-state index in [0.29, 0.717) is 41.2 Å². The van der Waals surface area contributed by atoms with Gasteiger partial charge in [0.15, 0.2) is 0 Å². The Hall–Kier alpha value is -2.60. The maximum atomic E-state index is 13.6. The molecule has 6 heteroatoms. The lowest BCUT2D eigenvalue weighted by molar-refractivity contribution is 0.325. The van der Waals surface area contributed by atoms with E-state index in [1.54, 1.807) is 12.1 Å². The molecule has 4 nitrogen and oxygen atoms in total. The molecule has 1 aliphatic heterocycles. The molecule has 3 aromatic rings. The van der Waals surface area contributed by atoms with Gasteiger partial charge in [-0.2, -0.15) is 0 Å². The van der Waals surface area contributed by atoms with Crippen molar-refractivity contribution < 1.29 is 18.0 Å². The Labute approximate surface area is 170 Å². The first kappa shape index (κ1) is 19.7. The van der Waals surface area contributed by atoms with Gasteiger partial charge in [-0.1, -0.05) is 20.8 Å². The Morgan fingerprint density at radius 3 is 2.59 bits per heavy atom. The molecule has 0 aliphatic carbocycles. The SMILES string of the molecule is CC(C)(C)[Si](C)(C)Oc1ccc2c3c(c(=O)oc2c1)-c1ccc(F)cc1OCC3. The van der Waals surface area contributed by atoms with Gasteiger partial charge in [-0.25, -0.2) is 9.18 Å². The maximum Gasteiger partial charge on any atom is 0.344 e. The monoisotopic (exact) mass is 412 g/mol. The molecule has 0 saturated carbocycles. The molecule has 29 heavy (non-hydrogen) atoms. The van der Waals surface area contributed by atoms with Gasteiger partial charge in [0, 0.05) is 29.5 Å². The molecular formula is C23H25FO4Si. The third kappa shape index (κ3) is 3.46. The van der Waals surface area contributed by atoms with Crippen molar-refractivity contribution in [2.24, 2.45) is 0 Å². The highest BCUT2D eigenvalue weighted by molar-refractivity contribution is 6.74. The summed E-state index contributed by atoms with van der Waals surface area (Å²) in [6.45, 7) is 11.3. The summed E-state index contributed by atoms with van der Waals surface area (Å²) in [6, 6.07) is 9.89. The Kier molecular flexibility index (Phi) is 4.57. The Morgan fingerprint density at radius 1 is 1.10 bits per heavy atom. The van der Waals surface area contributed by atoms with Crippen LogP contribution < -0.4 is 14.8 Å². The highest BCUT2D eigenvalue weighted by Crippen LogP contribution is 2.40. The van der Waals surface area contributed by atoms with Crippen LogP contribution in [0.1, 0.15) is 26.3 Å². The molecule has 0 spiro atoms. The van der Waals surface area contributed by atoms with Crippen LogP contribution in [-0.2, 0) is 6.42 Å². The van der Waals surface area contributed by atoms with Crippen LogP contribution in [0.3, 0.4) is 0 Å². The Balaban J connectivity index is 1.86. The number of halogens is 1. The molecule has 0 fully saturated rings. The van der Waals surface area contributed by atoms with Crippen LogP contribution in [0.25, 0.3) is 22.1 Å². The molecule has 2 heterocycles. The quantitative estimate of drug-likeness (QED) is 0.387. The van der Waals surface area contributed by atoms with E-state index in [2.05, 4.69) is 33.9 Å². The van der Waals surface area contributed by atoms with E-state index in [4.69, 9.17) is 13.6 Å². The van der Waals surface area contributed by atoms with Crippen LogP contribution in [-0.4, -0.2) is 14.9 Å². The van der Waals surface area contributed by atoms with E-state index in [1.807, 2.05) is 12.1 Å². The normalized spacial score (nSPS) is 14.0. The highest BCUT2D eigenvalue weighted by atomic mass is 28.4. The molecule has 2 aromatic carbocycles. The van der Waals surface area contributed by atoms with Crippen molar-refractivity contribution in [2.45, 2.75) is 45.3 Å². The van der Waals surface area contributed by atoms with Crippen molar-refractivity contribution >= 4 is 19.3 Å². The molecule has 0 bridgehead atoms. The van der Waals surface area contributed by atoms with Crippen LogP contribution in [0.4, 0.5) is 4.39 Å². The van der Waals surface area contributed by atoms with E-state index in [9.17, 15) is 9.18 Å². The van der Waals surface area contributed by atoms with Gasteiger partial charge in [-0.05, 0) is 48.0 Å². The van der Waals surface area contributed by atoms with Crippen molar-refractivity contribution in [1.29, 1.82) is 0 Å². The number of hydrogen-bond acceptors (Lipinski definition) is 4. The zero-order valence-corrected chi connectivity index (χ0v) is 18.4. The number of benzene rings is 2. The van der Waals surface area contributed by atoms with Gasteiger partial charge >= 0.3 is 5.63 Å². The average molecular weight is 413 g/mol. The molecule has 1 aliphatic rings. The highest BCUT2D eigenvalue weighted by Gasteiger charge is 2.39. The first-order valence-electron chi connectivity index (χ1n) is 9.78. The Bertz CT molecular complexity index is 1160. The van der Waals surface area contributed by atoms with Crippen molar-refractivity contribution in [3.63, 3.8) is 0 Å². The molecular weight excluding hydrogens is 387 g/mol. The zero-order chi connectivity index (χ0) is 21.0. The Morgan fingerprint density at radius 2 is 1.86 bits per heavy atom. The number of fused-ring (bicyclic) bond motifs is 5. The minimum absolute atomic E-state index is 0.0624. The fourth-order valence-electron chi connectivity index (χ4n) is 3.37. The summed E-state index contributed by atoms with van der Waals surface area (Å²) in [5, 5.41) is 0.912. The first-order valence-corrected chi connectivity index (χ1v) is 12.7. The molecule has 0 saturated heterocycles. The molecule has 0 N–H and O–H groups in total. The van der Waals surface area contributed by atoms with Crippen molar-refractivity contribution in [1.82, 2.24) is 0 Å². The first-order chi connectivity index (χ1) is 13.6. The second-order valence-electron chi connectivity index (χ2n) is 9.00. The van der Waals surface area contributed by atoms with Gasteiger partial charge in [0.25, 0.3) is 0 Å². The molecule has 0 radical (unpaired) electrons. The van der Waals surface area contributed by atoms with E-state index in [0.717, 1.165) is 10.9 Å². The second-order valence-corrected chi connectivity index (χ2v) is 13.7. The van der Waals surface area contributed by atoms with Gasteiger partial charge in [0.2, 0.25) is 8.32 Å². The third-order valence-corrected chi connectivity index (χ3v) is 10.3. The van der Waals surface area contributed by atoms with Crippen LogP contribution in [0.5, 0.6) is 11.5 Å². The lowest BCUT2D eigenvalue weighted by atomic mass is 9.96. The van der Waals surface area contributed by atoms with Crippen LogP contribution >= 0.6 is 0 Å². The van der Waals surface area contributed by atoms with Gasteiger partial charge < -0.3 is 13.6 Å².